The third kappa shape index (κ3) is 4.65. The molecule has 122 valence electrons. The average molecular weight is 348 g/mol. The molecule has 0 bridgehead atoms. The second kappa shape index (κ2) is 8.26. The van der Waals surface area contributed by atoms with Crippen LogP contribution in [0, 0.1) is 13.8 Å². The van der Waals surface area contributed by atoms with Crippen molar-refractivity contribution in [2.45, 2.75) is 35.8 Å². The van der Waals surface area contributed by atoms with Crippen LogP contribution in [0.2, 0.25) is 0 Å². The lowest BCUT2D eigenvalue weighted by Gasteiger charge is -2.14. The van der Waals surface area contributed by atoms with E-state index in [0.717, 1.165) is 32.6 Å². The van der Waals surface area contributed by atoms with Gasteiger partial charge in [0.2, 0.25) is 5.91 Å². The Labute approximate surface area is 145 Å². The number of nitrogens with one attached hydrogen (secondary N) is 2. The number of hydrogen-bond donors (Lipinski definition) is 2. The minimum absolute atomic E-state index is 0.00513. The monoisotopic (exact) mass is 347 g/mol. The van der Waals surface area contributed by atoms with Crippen LogP contribution in [0.15, 0.2) is 46.7 Å². The number of nitrogens with zero attached hydrogens (tertiary/aromatic N) is 1. The summed E-state index contributed by atoms with van der Waals surface area (Å²) in [5.74, 6) is 0.767. The molecule has 0 saturated heterocycles. The van der Waals surface area contributed by atoms with Gasteiger partial charge in [-0.3, -0.25) is 9.89 Å². The number of anilines is 1. The molecule has 0 saturated carbocycles. The number of hydrogen-bond acceptors (Lipinski definition) is 4. The third-order valence-electron chi connectivity index (χ3n) is 3.25. The molecular formula is C17H21N3OS2. The number of para-hydroxylation sites is 1. The number of aromatic nitrogens is 2. The molecule has 2 aromatic rings. The van der Waals surface area contributed by atoms with E-state index in [9.17, 15) is 4.79 Å². The van der Waals surface area contributed by atoms with Gasteiger partial charge in [-0.1, -0.05) is 30.0 Å². The Morgan fingerprint density at radius 2 is 2.17 bits per heavy atom. The van der Waals surface area contributed by atoms with Crippen molar-refractivity contribution in [2.24, 2.45) is 0 Å². The first-order valence-corrected chi connectivity index (χ1v) is 9.21. The zero-order chi connectivity index (χ0) is 16.8. The van der Waals surface area contributed by atoms with Crippen LogP contribution in [0.3, 0.4) is 0 Å². The maximum atomic E-state index is 12.3. The molecule has 0 fully saturated rings. The first-order valence-electron chi connectivity index (χ1n) is 7.34. The highest BCUT2D eigenvalue weighted by Gasteiger charge is 2.16. The number of carbonyl (C=O) groups excluding carboxylic acids is 1. The molecule has 23 heavy (non-hydrogen) atoms. The van der Waals surface area contributed by atoms with Gasteiger partial charge in [-0.2, -0.15) is 5.10 Å². The van der Waals surface area contributed by atoms with Gasteiger partial charge in [0.15, 0.2) is 0 Å². The zero-order valence-electron chi connectivity index (χ0n) is 13.6. The predicted molar refractivity (Wildman–Crippen MR) is 99.4 cm³/mol. The molecule has 1 amide bonds. The summed E-state index contributed by atoms with van der Waals surface area (Å²) >= 11 is 3.18. The summed E-state index contributed by atoms with van der Waals surface area (Å²) in [6.07, 6.45) is 1.81. The van der Waals surface area contributed by atoms with E-state index in [1.54, 1.807) is 23.5 Å². The molecular weight excluding hydrogens is 326 g/mol. The summed E-state index contributed by atoms with van der Waals surface area (Å²) in [5, 5.41) is 10.1. The quantitative estimate of drug-likeness (QED) is 0.728. The summed E-state index contributed by atoms with van der Waals surface area (Å²) in [6.45, 7) is 9.56. The molecule has 0 radical (unpaired) electrons. The molecule has 4 nitrogen and oxygen atoms in total. The normalized spacial score (nSPS) is 12.0. The maximum Gasteiger partial charge on any atom is 0.237 e. The van der Waals surface area contributed by atoms with Crippen molar-refractivity contribution in [3.63, 3.8) is 0 Å². The number of H-pyrrole nitrogens is 1. The first-order chi connectivity index (χ1) is 11.0. The molecule has 1 aromatic carbocycles. The molecule has 0 aliphatic carbocycles. The fourth-order valence-corrected chi connectivity index (χ4v) is 3.60. The van der Waals surface area contributed by atoms with Gasteiger partial charge in [0, 0.05) is 16.3 Å². The van der Waals surface area contributed by atoms with E-state index in [2.05, 4.69) is 22.1 Å². The van der Waals surface area contributed by atoms with Crippen LogP contribution in [0.4, 0.5) is 5.69 Å². The number of aromatic amines is 1. The fraction of sp³-hybridized carbons (Fsp3) is 0.294. The van der Waals surface area contributed by atoms with Gasteiger partial charge in [0.1, 0.15) is 0 Å². The van der Waals surface area contributed by atoms with E-state index in [1.807, 2.05) is 51.1 Å². The van der Waals surface area contributed by atoms with Crippen molar-refractivity contribution in [1.29, 1.82) is 0 Å². The SMILES string of the molecule is C=CCS[C@H](C)C(=O)Nc1ccccc1Sc1c(C)n[nH]c1C. The van der Waals surface area contributed by atoms with Gasteiger partial charge >= 0.3 is 0 Å². The Morgan fingerprint density at radius 3 is 2.83 bits per heavy atom. The number of benzene rings is 1. The Morgan fingerprint density at radius 1 is 1.43 bits per heavy atom. The van der Waals surface area contributed by atoms with Crippen molar-refractivity contribution >= 4 is 35.1 Å². The lowest BCUT2D eigenvalue weighted by Crippen LogP contribution is -2.23. The summed E-state index contributed by atoms with van der Waals surface area (Å²) in [7, 11) is 0. The van der Waals surface area contributed by atoms with Crippen LogP contribution in [-0.4, -0.2) is 27.1 Å². The topological polar surface area (TPSA) is 57.8 Å². The van der Waals surface area contributed by atoms with Gasteiger partial charge in [-0.25, -0.2) is 0 Å². The van der Waals surface area contributed by atoms with Gasteiger partial charge < -0.3 is 5.32 Å². The lowest BCUT2D eigenvalue weighted by molar-refractivity contribution is -0.115. The van der Waals surface area contributed by atoms with Crippen molar-refractivity contribution in [3.8, 4) is 0 Å². The van der Waals surface area contributed by atoms with Crippen molar-refractivity contribution < 1.29 is 4.79 Å². The molecule has 0 aliphatic heterocycles. The van der Waals surface area contributed by atoms with E-state index in [-0.39, 0.29) is 11.2 Å². The maximum absolute atomic E-state index is 12.3. The fourth-order valence-electron chi connectivity index (χ4n) is 1.98. The Kier molecular flexibility index (Phi) is 6.36. The first kappa shape index (κ1) is 17.7. The van der Waals surface area contributed by atoms with Crippen LogP contribution in [0.5, 0.6) is 0 Å². The standard InChI is InChI=1S/C17H21N3OS2/c1-5-10-22-13(4)17(21)18-14-8-6-7-9-15(14)23-16-11(2)19-20-12(16)3/h5-9,13H,1,10H2,2-4H3,(H,18,21)(H,19,20)/t13-/m1/s1. The highest BCUT2D eigenvalue weighted by Crippen LogP contribution is 2.36. The van der Waals surface area contributed by atoms with E-state index in [4.69, 9.17) is 0 Å². The van der Waals surface area contributed by atoms with Crippen LogP contribution < -0.4 is 5.32 Å². The largest absolute Gasteiger partial charge is 0.324 e. The Bertz CT molecular complexity index is 677. The van der Waals surface area contributed by atoms with Crippen LogP contribution >= 0.6 is 23.5 Å². The third-order valence-corrected chi connectivity index (χ3v) is 5.77. The number of thioether (sulfide) groups is 1. The number of amides is 1. The zero-order valence-corrected chi connectivity index (χ0v) is 15.2. The number of carbonyl (C=O) groups is 1. The Hall–Kier alpha value is -1.66. The Balaban J connectivity index is 2.14. The number of aryl methyl sites for hydroxylation is 2. The van der Waals surface area contributed by atoms with E-state index in [1.165, 1.54) is 0 Å². The molecule has 0 aliphatic rings. The van der Waals surface area contributed by atoms with Crippen LogP contribution in [0.1, 0.15) is 18.3 Å². The molecule has 2 rings (SSSR count). The molecule has 1 atom stereocenters. The summed E-state index contributed by atoms with van der Waals surface area (Å²) < 4.78 is 0. The second-order valence-corrected chi connectivity index (χ2v) is 7.54. The second-order valence-electron chi connectivity index (χ2n) is 5.11. The van der Waals surface area contributed by atoms with Gasteiger partial charge in [-0.15, -0.1) is 18.3 Å². The predicted octanol–water partition coefficient (Wildman–Crippen LogP) is 4.42. The highest BCUT2D eigenvalue weighted by molar-refractivity contribution is 8.00. The minimum atomic E-state index is -0.122. The molecule has 0 spiro atoms. The van der Waals surface area contributed by atoms with Crippen molar-refractivity contribution in [3.05, 3.63) is 48.3 Å². The molecule has 0 unspecified atom stereocenters. The number of rotatable bonds is 7. The lowest BCUT2D eigenvalue weighted by atomic mass is 10.3. The average Bonchev–Trinajstić information content (AvgIpc) is 2.86. The van der Waals surface area contributed by atoms with E-state index >= 15 is 0 Å². The summed E-state index contributed by atoms with van der Waals surface area (Å²) in [5.41, 5.74) is 2.82. The minimum Gasteiger partial charge on any atom is -0.324 e. The smallest absolute Gasteiger partial charge is 0.237 e. The molecule has 2 N–H and O–H groups in total. The molecule has 1 aromatic heterocycles. The highest BCUT2D eigenvalue weighted by atomic mass is 32.2. The van der Waals surface area contributed by atoms with E-state index in [0.29, 0.717) is 0 Å². The molecule has 6 heteroatoms. The van der Waals surface area contributed by atoms with Crippen molar-refractivity contribution in [1.82, 2.24) is 10.2 Å². The van der Waals surface area contributed by atoms with Crippen LogP contribution in [0.25, 0.3) is 0 Å². The van der Waals surface area contributed by atoms with E-state index < -0.39 is 0 Å². The van der Waals surface area contributed by atoms with Crippen LogP contribution in [-0.2, 0) is 4.79 Å². The van der Waals surface area contributed by atoms with Gasteiger partial charge in [0.25, 0.3) is 0 Å². The van der Waals surface area contributed by atoms with Crippen molar-refractivity contribution in [2.75, 3.05) is 11.1 Å². The summed E-state index contributed by atoms with van der Waals surface area (Å²) in [6, 6.07) is 7.83. The van der Waals surface area contributed by atoms with Gasteiger partial charge in [-0.05, 0) is 32.9 Å². The van der Waals surface area contributed by atoms with Gasteiger partial charge in [0.05, 0.1) is 21.5 Å². The summed E-state index contributed by atoms with van der Waals surface area (Å²) in [4.78, 5) is 14.4. The molecule has 1 heterocycles.